The first-order valence-corrected chi connectivity index (χ1v) is 12.6. The maximum absolute atomic E-state index is 13.8. The van der Waals surface area contributed by atoms with E-state index in [0.717, 1.165) is 28.2 Å². The van der Waals surface area contributed by atoms with Gasteiger partial charge in [0.15, 0.2) is 0 Å². The van der Waals surface area contributed by atoms with Gasteiger partial charge in [0.25, 0.3) is 0 Å². The summed E-state index contributed by atoms with van der Waals surface area (Å²) in [5.41, 5.74) is 3.14. The van der Waals surface area contributed by atoms with E-state index in [-0.39, 0.29) is 12.1 Å². The molecule has 5 heteroatoms. The van der Waals surface area contributed by atoms with Crippen molar-refractivity contribution >= 4 is 27.9 Å². The van der Waals surface area contributed by atoms with Crippen LogP contribution in [0.2, 0.25) is 0 Å². The summed E-state index contributed by atoms with van der Waals surface area (Å²) < 4.78 is 29.3. The first kappa shape index (κ1) is 20.9. The average molecular weight is 436 g/mol. The first-order chi connectivity index (χ1) is 14.6. The highest BCUT2D eigenvalue weighted by Gasteiger charge is 2.39. The number of hydrogen-bond acceptors (Lipinski definition) is 3. The number of rotatable bonds is 5. The monoisotopic (exact) mass is 435 g/mol. The third kappa shape index (κ3) is 4.53. The molecule has 0 spiro atoms. The SMILES string of the molecule is Cc1ccc(S(=O)(=O)N2[C@H](/C=C/c3ccccc3)CSC[C@@H]2c2ccccc2)cc1. The maximum Gasteiger partial charge on any atom is 0.244 e. The van der Waals surface area contributed by atoms with Crippen molar-refractivity contribution < 1.29 is 8.42 Å². The van der Waals surface area contributed by atoms with Crippen molar-refractivity contribution in [2.75, 3.05) is 11.5 Å². The summed E-state index contributed by atoms with van der Waals surface area (Å²) >= 11 is 1.80. The Hall–Kier alpha value is -2.34. The zero-order valence-electron chi connectivity index (χ0n) is 16.9. The molecule has 1 fully saturated rings. The van der Waals surface area contributed by atoms with Crippen LogP contribution in [0.1, 0.15) is 22.7 Å². The Morgan fingerprint density at radius 1 is 0.867 bits per heavy atom. The molecule has 0 aromatic heterocycles. The van der Waals surface area contributed by atoms with E-state index in [4.69, 9.17) is 0 Å². The zero-order valence-corrected chi connectivity index (χ0v) is 18.5. The van der Waals surface area contributed by atoms with Gasteiger partial charge in [0.2, 0.25) is 10.0 Å². The lowest BCUT2D eigenvalue weighted by molar-refractivity contribution is 0.310. The number of nitrogens with zero attached hydrogens (tertiary/aromatic N) is 1. The van der Waals surface area contributed by atoms with Crippen LogP contribution in [0.5, 0.6) is 0 Å². The largest absolute Gasteiger partial charge is 0.244 e. The molecular formula is C25H25NO2S2. The van der Waals surface area contributed by atoms with Gasteiger partial charge in [-0.05, 0) is 30.2 Å². The second-order valence-corrected chi connectivity index (χ2v) is 10.4. The van der Waals surface area contributed by atoms with Gasteiger partial charge < -0.3 is 0 Å². The summed E-state index contributed by atoms with van der Waals surface area (Å²) in [5.74, 6) is 1.47. The molecule has 3 aromatic carbocycles. The van der Waals surface area contributed by atoms with Crippen LogP contribution in [0.15, 0.2) is 95.9 Å². The smallest absolute Gasteiger partial charge is 0.207 e. The molecule has 2 atom stereocenters. The van der Waals surface area contributed by atoms with Gasteiger partial charge in [-0.3, -0.25) is 0 Å². The Kier molecular flexibility index (Phi) is 6.42. The summed E-state index contributed by atoms with van der Waals surface area (Å²) in [6, 6.07) is 26.7. The highest BCUT2D eigenvalue weighted by Crippen LogP contribution is 2.38. The van der Waals surface area contributed by atoms with Crippen LogP contribution in [-0.4, -0.2) is 30.3 Å². The Balaban J connectivity index is 1.76. The highest BCUT2D eigenvalue weighted by molar-refractivity contribution is 7.99. The van der Waals surface area contributed by atoms with Gasteiger partial charge in [-0.2, -0.15) is 16.1 Å². The van der Waals surface area contributed by atoms with Crippen LogP contribution in [0.3, 0.4) is 0 Å². The van der Waals surface area contributed by atoms with Crippen molar-refractivity contribution in [1.82, 2.24) is 4.31 Å². The third-order valence-electron chi connectivity index (χ3n) is 5.29. The summed E-state index contributed by atoms with van der Waals surface area (Å²) in [4.78, 5) is 0.346. The molecule has 154 valence electrons. The topological polar surface area (TPSA) is 37.4 Å². The second kappa shape index (κ2) is 9.21. The molecule has 1 saturated heterocycles. The molecule has 0 radical (unpaired) electrons. The van der Waals surface area contributed by atoms with Crippen molar-refractivity contribution in [1.29, 1.82) is 0 Å². The van der Waals surface area contributed by atoms with Gasteiger partial charge in [-0.1, -0.05) is 90.5 Å². The van der Waals surface area contributed by atoms with E-state index in [1.54, 1.807) is 28.2 Å². The van der Waals surface area contributed by atoms with Gasteiger partial charge in [0.05, 0.1) is 17.0 Å². The molecule has 0 amide bonds. The van der Waals surface area contributed by atoms with Gasteiger partial charge in [0, 0.05) is 11.5 Å². The summed E-state index contributed by atoms with van der Waals surface area (Å²) in [6.07, 6.45) is 4.05. The molecule has 0 bridgehead atoms. The quantitative estimate of drug-likeness (QED) is 0.527. The van der Waals surface area contributed by atoms with Crippen LogP contribution in [0, 0.1) is 6.92 Å². The number of sulfonamides is 1. The lowest BCUT2D eigenvalue weighted by atomic mass is 10.1. The molecule has 0 unspecified atom stereocenters. The Morgan fingerprint density at radius 3 is 2.17 bits per heavy atom. The molecule has 1 aliphatic rings. The van der Waals surface area contributed by atoms with E-state index in [0.29, 0.717) is 4.90 Å². The van der Waals surface area contributed by atoms with Crippen LogP contribution in [0.4, 0.5) is 0 Å². The highest BCUT2D eigenvalue weighted by atomic mass is 32.2. The van der Waals surface area contributed by atoms with Crippen LogP contribution >= 0.6 is 11.8 Å². The second-order valence-electron chi connectivity index (χ2n) is 7.45. The minimum absolute atomic E-state index is 0.207. The van der Waals surface area contributed by atoms with Gasteiger partial charge in [-0.25, -0.2) is 8.42 Å². The van der Waals surface area contributed by atoms with Crippen molar-refractivity contribution in [2.24, 2.45) is 0 Å². The minimum Gasteiger partial charge on any atom is -0.207 e. The van der Waals surface area contributed by atoms with Crippen molar-refractivity contribution in [2.45, 2.75) is 23.9 Å². The van der Waals surface area contributed by atoms with Crippen molar-refractivity contribution in [3.63, 3.8) is 0 Å². The summed E-state index contributed by atoms with van der Waals surface area (Å²) in [6.45, 7) is 1.96. The van der Waals surface area contributed by atoms with E-state index in [1.165, 1.54) is 0 Å². The van der Waals surface area contributed by atoms with E-state index in [9.17, 15) is 8.42 Å². The van der Waals surface area contributed by atoms with E-state index >= 15 is 0 Å². The van der Waals surface area contributed by atoms with E-state index in [2.05, 4.69) is 0 Å². The number of aryl methyl sites for hydroxylation is 1. The predicted octanol–water partition coefficient (Wildman–Crippen LogP) is 5.56. The molecule has 0 N–H and O–H groups in total. The molecule has 30 heavy (non-hydrogen) atoms. The molecule has 4 rings (SSSR count). The van der Waals surface area contributed by atoms with Crippen LogP contribution in [0.25, 0.3) is 6.08 Å². The van der Waals surface area contributed by atoms with Gasteiger partial charge >= 0.3 is 0 Å². The fraction of sp³-hybridized carbons (Fsp3) is 0.200. The predicted molar refractivity (Wildman–Crippen MR) is 126 cm³/mol. The average Bonchev–Trinajstić information content (AvgIpc) is 2.79. The first-order valence-electron chi connectivity index (χ1n) is 10.0. The Labute approximate surface area is 183 Å². The Bertz CT molecular complexity index is 1090. The lowest BCUT2D eigenvalue weighted by Crippen LogP contribution is -2.47. The third-order valence-corrected chi connectivity index (χ3v) is 8.37. The number of benzene rings is 3. The lowest BCUT2D eigenvalue weighted by Gasteiger charge is -2.39. The molecule has 0 saturated carbocycles. The summed E-state index contributed by atoms with van der Waals surface area (Å²) in [7, 11) is -3.66. The number of thioether (sulfide) groups is 1. The molecule has 0 aliphatic carbocycles. The molecular weight excluding hydrogens is 410 g/mol. The minimum atomic E-state index is -3.66. The normalized spacial score (nSPS) is 20.4. The van der Waals surface area contributed by atoms with Crippen LogP contribution < -0.4 is 0 Å². The number of hydrogen-bond donors (Lipinski definition) is 0. The molecule has 1 aliphatic heterocycles. The zero-order chi connectivity index (χ0) is 21.0. The van der Waals surface area contributed by atoms with Gasteiger partial charge in [0.1, 0.15) is 0 Å². The van der Waals surface area contributed by atoms with E-state index in [1.807, 2.05) is 91.9 Å². The van der Waals surface area contributed by atoms with Crippen molar-refractivity contribution in [3.05, 3.63) is 108 Å². The standard InChI is InChI=1S/C25H25NO2S2/c1-20-12-16-24(17-13-20)30(27,28)26-23(15-14-21-8-4-2-5-9-21)18-29-19-25(26)22-10-6-3-7-11-22/h2-17,23,25H,18-19H2,1H3/b15-14+/t23-,25-/m1/s1. The van der Waals surface area contributed by atoms with Gasteiger partial charge in [-0.15, -0.1) is 0 Å². The fourth-order valence-electron chi connectivity index (χ4n) is 3.70. The Morgan fingerprint density at radius 2 is 1.50 bits per heavy atom. The van der Waals surface area contributed by atoms with E-state index < -0.39 is 10.0 Å². The summed E-state index contributed by atoms with van der Waals surface area (Å²) in [5, 5.41) is 0. The fourth-order valence-corrected chi connectivity index (χ4v) is 6.87. The maximum atomic E-state index is 13.8. The molecule has 3 nitrogen and oxygen atoms in total. The molecule has 3 aromatic rings. The van der Waals surface area contributed by atoms with Crippen LogP contribution in [-0.2, 0) is 10.0 Å². The molecule has 1 heterocycles. The van der Waals surface area contributed by atoms with Crippen molar-refractivity contribution in [3.8, 4) is 0 Å².